The average molecular weight is 282 g/mol. The van der Waals surface area contributed by atoms with E-state index in [-0.39, 0.29) is 31.5 Å². The van der Waals surface area contributed by atoms with Crippen molar-refractivity contribution in [3.8, 4) is 0 Å². The predicted octanol–water partition coefficient (Wildman–Crippen LogP) is -2.29. The summed E-state index contributed by atoms with van der Waals surface area (Å²) in [4.78, 5) is 25.5. The minimum absolute atomic E-state index is 0.0283. The highest BCUT2D eigenvalue weighted by Gasteiger charge is 2.32. The Kier molecular flexibility index (Phi) is 4.64. The van der Waals surface area contributed by atoms with Gasteiger partial charge in [0.25, 0.3) is 0 Å². The lowest BCUT2D eigenvalue weighted by Crippen LogP contribution is -2.56. The van der Waals surface area contributed by atoms with E-state index in [1.54, 1.807) is 6.20 Å². The van der Waals surface area contributed by atoms with Crippen LogP contribution in [0.4, 0.5) is 0 Å². The van der Waals surface area contributed by atoms with Gasteiger partial charge >= 0.3 is 0 Å². The van der Waals surface area contributed by atoms with Crippen LogP contribution in [0.15, 0.2) is 6.20 Å². The van der Waals surface area contributed by atoms with Gasteiger partial charge in [-0.15, -0.1) is 5.10 Å². The SMILES string of the molecule is CNC(=O)C1COCCN1C(=O)Cn1cc(CN)nn1. The van der Waals surface area contributed by atoms with Crippen LogP contribution in [0.5, 0.6) is 0 Å². The van der Waals surface area contributed by atoms with Gasteiger partial charge < -0.3 is 20.7 Å². The number of carbonyl (C=O) groups excluding carboxylic acids is 2. The van der Waals surface area contributed by atoms with Crippen molar-refractivity contribution in [3.05, 3.63) is 11.9 Å². The summed E-state index contributed by atoms with van der Waals surface area (Å²) in [6.45, 7) is 1.31. The molecule has 1 saturated heterocycles. The Morgan fingerprint density at radius 3 is 3.05 bits per heavy atom. The van der Waals surface area contributed by atoms with Crippen LogP contribution in [-0.2, 0) is 27.4 Å². The van der Waals surface area contributed by atoms with E-state index in [4.69, 9.17) is 10.5 Å². The lowest BCUT2D eigenvalue weighted by atomic mass is 10.2. The first-order valence-corrected chi connectivity index (χ1v) is 6.33. The molecule has 1 unspecified atom stereocenters. The van der Waals surface area contributed by atoms with E-state index >= 15 is 0 Å². The summed E-state index contributed by atoms with van der Waals surface area (Å²) in [5, 5.41) is 10.2. The Hall–Kier alpha value is -2.00. The summed E-state index contributed by atoms with van der Waals surface area (Å²) >= 11 is 0. The van der Waals surface area contributed by atoms with Gasteiger partial charge in [-0.1, -0.05) is 5.21 Å². The lowest BCUT2D eigenvalue weighted by molar-refractivity contribution is -0.148. The van der Waals surface area contributed by atoms with Crippen LogP contribution in [0.25, 0.3) is 0 Å². The fourth-order valence-electron chi connectivity index (χ4n) is 2.02. The number of amides is 2. The molecule has 2 rings (SSSR count). The fourth-order valence-corrected chi connectivity index (χ4v) is 2.02. The number of carbonyl (C=O) groups is 2. The maximum Gasteiger partial charge on any atom is 0.245 e. The molecule has 0 radical (unpaired) electrons. The van der Waals surface area contributed by atoms with Gasteiger partial charge in [-0.05, 0) is 0 Å². The van der Waals surface area contributed by atoms with Gasteiger partial charge in [0.2, 0.25) is 11.8 Å². The summed E-state index contributed by atoms with van der Waals surface area (Å²) < 4.78 is 6.67. The minimum atomic E-state index is -0.598. The number of ether oxygens (including phenoxy) is 1. The molecule has 9 nitrogen and oxygen atoms in total. The Balaban J connectivity index is 2.03. The van der Waals surface area contributed by atoms with Crippen LogP contribution >= 0.6 is 0 Å². The molecule has 1 atom stereocenters. The number of nitrogens with two attached hydrogens (primary N) is 1. The third kappa shape index (κ3) is 3.11. The third-order valence-corrected chi connectivity index (χ3v) is 3.09. The maximum atomic E-state index is 12.3. The molecule has 0 bridgehead atoms. The van der Waals surface area contributed by atoms with Crippen LogP contribution in [0.2, 0.25) is 0 Å². The summed E-state index contributed by atoms with van der Waals surface area (Å²) in [5.74, 6) is -0.436. The highest BCUT2D eigenvalue weighted by atomic mass is 16.5. The summed E-state index contributed by atoms with van der Waals surface area (Å²) in [6, 6.07) is -0.598. The highest BCUT2D eigenvalue weighted by Crippen LogP contribution is 2.08. The second-order valence-electron chi connectivity index (χ2n) is 4.40. The number of nitrogens with zero attached hydrogens (tertiary/aromatic N) is 4. The molecule has 1 fully saturated rings. The first kappa shape index (κ1) is 14.4. The van der Waals surface area contributed by atoms with Crippen LogP contribution in [-0.4, -0.2) is 64.6 Å². The number of likely N-dealkylation sites (N-methyl/N-ethyl adjacent to an activating group) is 1. The molecule has 0 aromatic carbocycles. The molecule has 1 aromatic heterocycles. The van der Waals surface area contributed by atoms with E-state index in [1.165, 1.54) is 16.6 Å². The number of aromatic nitrogens is 3. The van der Waals surface area contributed by atoms with Gasteiger partial charge in [0, 0.05) is 20.1 Å². The third-order valence-electron chi connectivity index (χ3n) is 3.09. The Morgan fingerprint density at radius 1 is 1.60 bits per heavy atom. The molecule has 1 aliphatic rings. The summed E-state index contributed by atoms with van der Waals surface area (Å²) in [6.07, 6.45) is 1.62. The summed E-state index contributed by atoms with van der Waals surface area (Å²) in [7, 11) is 1.53. The number of rotatable bonds is 4. The minimum Gasteiger partial charge on any atom is -0.377 e. The van der Waals surface area contributed by atoms with Gasteiger partial charge in [0.1, 0.15) is 12.6 Å². The van der Waals surface area contributed by atoms with Crippen molar-refractivity contribution in [1.29, 1.82) is 0 Å². The summed E-state index contributed by atoms with van der Waals surface area (Å²) in [5.41, 5.74) is 6.05. The quantitative estimate of drug-likeness (QED) is 0.642. The molecule has 2 heterocycles. The van der Waals surface area contributed by atoms with Crippen molar-refractivity contribution < 1.29 is 14.3 Å². The van der Waals surface area contributed by atoms with E-state index in [2.05, 4.69) is 15.6 Å². The van der Waals surface area contributed by atoms with Gasteiger partial charge in [0.15, 0.2) is 0 Å². The molecule has 2 amide bonds. The largest absolute Gasteiger partial charge is 0.377 e. The molecule has 0 spiro atoms. The smallest absolute Gasteiger partial charge is 0.245 e. The van der Waals surface area contributed by atoms with Crippen LogP contribution in [0, 0.1) is 0 Å². The van der Waals surface area contributed by atoms with Crippen LogP contribution < -0.4 is 11.1 Å². The van der Waals surface area contributed by atoms with E-state index in [9.17, 15) is 9.59 Å². The zero-order valence-electron chi connectivity index (χ0n) is 11.3. The Morgan fingerprint density at radius 2 is 2.40 bits per heavy atom. The molecule has 0 saturated carbocycles. The first-order valence-electron chi connectivity index (χ1n) is 6.33. The van der Waals surface area contributed by atoms with E-state index < -0.39 is 6.04 Å². The zero-order valence-corrected chi connectivity index (χ0v) is 11.3. The molecule has 1 aromatic rings. The van der Waals surface area contributed by atoms with Crippen molar-refractivity contribution in [2.24, 2.45) is 5.73 Å². The van der Waals surface area contributed by atoms with E-state index in [0.717, 1.165) is 0 Å². The standard InChI is InChI=1S/C11H18N6O3/c1-13-11(19)9-7-20-3-2-17(9)10(18)6-16-5-8(4-12)14-15-16/h5,9H,2-4,6-7,12H2,1H3,(H,13,19). The number of hydrogen-bond donors (Lipinski definition) is 2. The van der Waals surface area contributed by atoms with E-state index in [1.807, 2.05) is 0 Å². The molecule has 1 aliphatic heterocycles. The lowest BCUT2D eigenvalue weighted by Gasteiger charge is -2.34. The van der Waals surface area contributed by atoms with E-state index in [0.29, 0.717) is 18.8 Å². The number of morpholine rings is 1. The molecule has 0 aliphatic carbocycles. The van der Waals surface area contributed by atoms with Crippen LogP contribution in [0.3, 0.4) is 0 Å². The molecular formula is C11H18N6O3. The second kappa shape index (κ2) is 6.44. The first-order chi connectivity index (χ1) is 9.65. The number of nitrogens with one attached hydrogen (secondary N) is 1. The van der Waals surface area contributed by atoms with Crippen molar-refractivity contribution in [1.82, 2.24) is 25.2 Å². The maximum absolute atomic E-state index is 12.3. The topological polar surface area (TPSA) is 115 Å². The molecule has 3 N–H and O–H groups in total. The number of hydrogen-bond acceptors (Lipinski definition) is 6. The fraction of sp³-hybridized carbons (Fsp3) is 0.636. The average Bonchev–Trinajstić information content (AvgIpc) is 2.94. The van der Waals surface area contributed by atoms with Gasteiger partial charge in [0.05, 0.1) is 25.1 Å². The van der Waals surface area contributed by atoms with Crippen LogP contribution in [0.1, 0.15) is 5.69 Å². The van der Waals surface area contributed by atoms with Gasteiger partial charge in [-0.25, -0.2) is 4.68 Å². The monoisotopic (exact) mass is 282 g/mol. The van der Waals surface area contributed by atoms with Crippen molar-refractivity contribution in [3.63, 3.8) is 0 Å². The normalized spacial score (nSPS) is 18.9. The molecule has 20 heavy (non-hydrogen) atoms. The Labute approximate surface area is 116 Å². The molecular weight excluding hydrogens is 264 g/mol. The Bertz CT molecular complexity index is 488. The van der Waals surface area contributed by atoms with Crippen molar-refractivity contribution in [2.45, 2.75) is 19.1 Å². The predicted molar refractivity (Wildman–Crippen MR) is 68.3 cm³/mol. The molecule has 110 valence electrons. The zero-order chi connectivity index (χ0) is 14.5. The van der Waals surface area contributed by atoms with Crippen molar-refractivity contribution >= 4 is 11.8 Å². The van der Waals surface area contributed by atoms with Gasteiger partial charge in [-0.2, -0.15) is 0 Å². The highest BCUT2D eigenvalue weighted by molar-refractivity contribution is 5.87. The molecule has 9 heteroatoms. The van der Waals surface area contributed by atoms with Crippen molar-refractivity contribution in [2.75, 3.05) is 26.8 Å². The second-order valence-corrected chi connectivity index (χ2v) is 4.40. The van der Waals surface area contributed by atoms with Gasteiger partial charge in [-0.3, -0.25) is 9.59 Å².